The van der Waals surface area contributed by atoms with Crippen LogP contribution in [0.1, 0.15) is 23.1 Å². The molecule has 0 spiro atoms. The number of aryl methyl sites for hydroxylation is 1. The summed E-state index contributed by atoms with van der Waals surface area (Å²) in [4.78, 5) is 12.3. The number of nitrogens with zero attached hydrogens (tertiary/aromatic N) is 1. The maximum absolute atomic E-state index is 10.5. The second-order valence-electron chi connectivity index (χ2n) is 3.16. The third kappa shape index (κ3) is 2.86. The van der Waals surface area contributed by atoms with E-state index in [-0.39, 0.29) is 5.92 Å². The minimum absolute atomic E-state index is 0.317. The van der Waals surface area contributed by atoms with Crippen molar-refractivity contribution in [1.29, 1.82) is 5.26 Å². The molecule has 0 aliphatic carbocycles. The number of aliphatic carboxylic acids is 1. The van der Waals surface area contributed by atoms with Crippen LogP contribution in [0.3, 0.4) is 0 Å². The van der Waals surface area contributed by atoms with Crippen LogP contribution in [0.4, 0.5) is 0 Å². The number of carboxylic acids is 1. The van der Waals surface area contributed by atoms with Crippen LogP contribution in [0.2, 0.25) is 0 Å². The second kappa shape index (κ2) is 4.77. The average molecular weight is 209 g/mol. The average Bonchev–Trinajstić information content (AvgIpc) is 2.61. The van der Waals surface area contributed by atoms with Crippen molar-refractivity contribution in [2.45, 2.75) is 19.8 Å². The number of nitriles is 1. The fourth-order valence-corrected chi connectivity index (χ4v) is 1.87. The summed E-state index contributed by atoms with van der Waals surface area (Å²) in [5.74, 6) is -1.08. The fourth-order valence-electron chi connectivity index (χ4n) is 1.05. The molecule has 1 rings (SSSR count). The summed E-state index contributed by atoms with van der Waals surface area (Å²) in [5.41, 5.74) is 0. The van der Waals surface area contributed by atoms with E-state index in [1.807, 2.05) is 6.07 Å². The lowest BCUT2D eigenvalue weighted by Gasteiger charge is -2.03. The van der Waals surface area contributed by atoms with E-state index < -0.39 is 5.97 Å². The maximum atomic E-state index is 10.5. The Morgan fingerprint density at radius 2 is 2.43 bits per heavy atom. The van der Waals surface area contributed by atoms with Crippen molar-refractivity contribution < 1.29 is 9.90 Å². The summed E-state index contributed by atoms with van der Waals surface area (Å²) < 4.78 is 0. The summed E-state index contributed by atoms with van der Waals surface area (Å²) in [5, 5.41) is 17.2. The van der Waals surface area contributed by atoms with Gasteiger partial charge in [0.15, 0.2) is 0 Å². The van der Waals surface area contributed by atoms with Gasteiger partial charge >= 0.3 is 5.97 Å². The van der Waals surface area contributed by atoms with E-state index in [1.54, 1.807) is 13.0 Å². The smallest absolute Gasteiger partial charge is 0.306 e. The van der Waals surface area contributed by atoms with E-state index in [2.05, 4.69) is 6.07 Å². The zero-order chi connectivity index (χ0) is 10.6. The maximum Gasteiger partial charge on any atom is 0.306 e. The highest BCUT2D eigenvalue weighted by Gasteiger charge is 2.11. The first-order valence-electron chi connectivity index (χ1n) is 4.35. The Kier molecular flexibility index (Phi) is 3.66. The second-order valence-corrected chi connectivity index (χ2v) is 4.32. The number of rotatable bonds is 4. The number of carbonyl (C=O) groups is 1. The van der Waals surface area contributed by atoms with E-state index in [9.17, 15) is 4.79 Å². The molecular formula is C10H11NO2S. The Hall–Kier alpha value is -1.34. The van der Waals surface area contributed by atoms with E-state index >= 15 is 0 Å². The Balaban J connectivity index is 2.46. The number of carboxylic acid groups (broad SMARTS) is 1. The van der Waals surface area contributed by atoms with Gasteiger partial charge in [0.25, 0.3) is 0 Å². The molecule has 0 fully saturated rings. The van der Waals surface area contributed by atoms with Crippen LogP contribution in [-0.4, -0.2) is 11.1 Å². The summed E-state index contributed by atoms with van der Waals surface area (Å²) >= 11 is 1.43. The van der Waals surface area contributed by atoms with Crippen LogP contribution < -0.4 is 0 Å². The SMILES string of the molecule is CC(CCc1ccc(C#N)s1)C(=O)O. The Labute approximate surface area is 86.6 Å². The van der Waals surface area contributed by atoms with Crippen molar-refractivity contribution in [2.75, 3.05) is 0 Å². The Bertz CT molecular complexity index is 364. The van der Waals surface area contributed by atoms with Crippen LogP contribution in [0.25, 0.3) is 0 Å². The Morgan fingerprint density at radius 1 is 1.71 bits per heavy atom. The van der Waals surface area contributed by atoms with Crippen LogP contribution in [0.15, 0.2) is 12.1 Å². The minimum atomic E-state index is -0.762. The van der Waals surface area contributed by atoms with Crippen molar-refractivity contribution in [2.24, 2.45) is 5.92 Å². The van der Waals surface area contributed by atoms with Crippen molar-refractivity contribution in [3.8, 4) is 6.07 Å². The van der Waals surface area contributed by atoms with Gasteiger partial charge in [0.1, 0.15) is 10.9 Å². The minimum Gasteiger partial charge on any atom is -0.481 e. The van der Waals surface area contributed by atoms with Gasteiger partial charge in [0, 0.05) is 4.88 Å². The van der Waals surface area contributed by atoms with Gasteiger partial charge in [-0.2, -0.15) is 5.26 Å². The largest absolute Gasteiger partial charge is 0.481 e. The van der Waals surface area contributed by atoms with Gasteiger partial charge in [-0.25, -0.2) is 0 Å². The lowest BCUT2D eigenvalue weighted by molar-refractivity contribution is -0.141. The van der Waals surface area contributed by atoms with Crippen molar-refractivity contribution in [3.05, 3.63) is 21.9 Å². The molecule has 1 heterocycles. The number of hydrogen-bond donors (Lipinski definition) is 1. The van der Waals surface area contributed by atoms with Crippen LogP contribution >= 0.6 is 11.3 Å². The van der Waals surface area contributed by atoms with Crippen LogP contribution in [0, 0.1) is 17.2 Å². The fraction of sp³-hybridized carbons (Fsp3) is 0.400. The molecule has 0 aliphatic heterocycles. The monoisotopic (exact) mass is 209 g/mol. The molecule has 3 nitrogen and oxygen atoms in total. The van der Waals surface area contributed by atoms with Crippen LogP contribution in [0.5, 0.6) is 0 Å². The molecular weight excluding hydrogens is 198 g/mol. The molecule has 0 saturated heterocycles. The molecule has 1 unspecified atom stereocenters. The van der Waals surface area contributed by atoms with E-state index in [4.69, 9.17) is 10.4 Å². The highest BCUT2D eigenvalue weighted by atomic mass is 32.1. The number of hydrogen-bond acceptors (Lipinski definition) is 3. The van der Waals surface area contributed by atoms with Crippen molar-refractivity contribution >= 4 is 17.3 Å². The van der Waals surface area contributed by atoms with Gasteiger partial charge in [-0.1, -0.05) is 6.92 Å². The van der Waals surface area contributed by atoms with Gasteiger partial charge < -0.3 is 5.11 Å². The molecule has 0 bridgehead atoms. The quantitative estimate of drug-likeness (QED) is 0.827. The zero-order valence-corrected chi connectivity index (χ0v) is 8.67. The summed E-state index contributed by atoms with van der Waals surface area (Å²) in [7, 11) is 0. The molecule has 1 atom stereocenters. The van der Waals surface area contributed by atoms with Gasteiger partial charge in [0.2, 0.25) is 0 Å². The molecule has 14 heavy (non-hydrogen) atoms. The van der Waals surface area contributed by atoms with Gasteiger partial charge in [-0.05, 0) is 25.0 Å². The molecule has 1 aromatic heterocycles. The van der Waals surface area contributed by atoms with Crippen LogP contribution in [-0.2, 0) is 11.2 Å². The molecule has 4 heteroatoms. The van der Waals surface area contributed by atoms with Gasteiger partial charge in [-0.15, -0.1) is 11.3 Å². The van der Waals surface area contributed by atoms with Crippen molar-refractivity contribution in [3.63, 3.8) is 0 Å². The van der Waals surface area contributed by atoms with E-state index in [0.29, 0.717) is 11.3 Å². The molecule has 74 valence electrons. The van der Waals surface area contributed by atoms with E-state index in [1.165, 1.54) is 11.3 Å². The molecule has 0 aliphatic rings. The van der Waals surface area contributed by atoms with Gasteiger partial charge in [-0.3, -0.25) is 4.79 Å². The highest BCUT2D eigenvalue weighted by molar-refractivity contribution is 7.12. The molecule has 0 aromatic carbocycles. The first-order valence-corrected chi connectivity index (χ1v) is 5.16. The standard InChI is InChI=1S/C10H11NO2S/c1-7(10(12)13)2-3-8-4-5-9(6-11)14-8/h4-5,7H,2-3H2,1H3,(H,12,13). The lowest BCUT2D eigenvalue weighted by Crippen LogP contribution is -2.09. The molecule has 1 N–H and O–H groups in total. The molecule has 1 aromatic rings. The zero-order valence-electron chi connectivity index (χ0n) is 7.86. The third-order valence-electron chi connectivity index (χ3n) is 2.02. The van der Waals surface area contributed by atoms with Crippen molar-refractivity contribution in [1.82, 2.24) is 0 Å². The first-order chi connectivity index (χ1) is 6.63. The molecule has 0 radical (unpaired) electrons. The first kappa shape index (κ1) is 10.7. The number of thiophene rings is 1. The Morgan fingerprint density at radius 3 is 2.93 bits per heavy atom. The lowest BCUT2D eigenvalue weighted by atomic mass is 10.1. The predicted molar refractivity (Wildman–Crippen MR) is 54.2 cm³/mol. The third-order valence-corrected chi connectivity index (χ3v) is 3.07. The predicted octanol–water partition coefficient (Wildman–Crippen LogP) is 2.27. The van der Waals surface area contributed by atoms with E-state index in [0.717, 1.165) is 11.3 Å². The topological polar surface area (TPSA) is 61.1 Å². The van der Waals surface area contributed by atoms with Gasteiger partial charge in [0.05, 0.1) is 5.92 Å². The summed E-state index contributed by atoms with van der Waals surface area (Å²) in [6.45, 7) is 1.70. The normalized spacial score (nSPS) is 12.0. The molecule has 0 amide bonds. The highest BCUT2D eigenvalue weighted by Crippen LogP contribution is 2.18. The summed E-state index contributed by atoms with van der Waals surface area (Å²) in [6, 6.07) is 5.72. The summed E-state index contributed by atoms with van der Waals surface area (Å²) in [6.07, 6.45) is 1.36. The molecule has 0 saturated carbocycles.